The van der Waals surface area contributed by atoms with Gasteiger partial charge in [0.1, 0.15) is 6.29 Å². The van der Waals surface area contributed by atoms with E-state index in [0.717, 1.165) is 28.0 Å². The molecule has 1 aliphatic rings. The Kier molecular flexibility index (Phi) is 2.62. The molecule has 1 saturated heterocycles. The highest BCUT2D eigenvalue weighted by Crippen LogP contribution is 2.25. The van der Waals surface area contributed by atoms with Crippen molar-refractivity contribution < 1.29 is 4.79 Å². The molecule has 0 spiro atoms. The molecule has 1 fully saturated rings. The Morgan fingerprint density at radius 2 is 2.56 bits per heavy atom. The minimum Gasteiger partial charge on any atom is -0.302 e. The molecule has 1 aliphatic heterocycles. The molecule has 0 N–H and O–H groups in total. The molecule has 9 heavy (non-hydrogen) atoms. The maximum atomic E-state index is 10.3. The van der Waals surface area contributed by atoms with Crippen molar-refractivity contribution in [3.63, 3.8) is 0 Å². The minimum absolute atomic E-state index is 0.244. The molecule has 52 valence electrons. The van der Waals surface area contributed by atoms with Gasteiger partial charge in [-0.25, -0.2) is 0 Å². The van der Waals surface area contributed by atoms with E-state index in [0.29, 0.717) is 0 Å². The second-order valence-electron chi connectivity index (χ2n) is 2.26. The van der Waals surface area contributed by atoms with Crippen molar-refractivity contribution >= 4 is 15.0 Å². The molecule has 0 aliphatic carbocycles. The zero-order valence-electron chi connectivity index (χ0n) is 5.63. The van der Waals surface area contributed by atoms with Gasteiger partial charge in [0.25, 0.3) is 0 Å². The van der Waals surface area contributed by atoms with E-state index in [1.165, 1.54) is 6.42 Å². The lowest BCUT2D eigenvalue weighted by atomic mass is 10.2. The van der Waals surface area contributed by atoms with E-state index in [1.54, 1.807) is 0 Å². The van der Waals surface area contributed by atoms with E-state index in [1.807, 2.05) is 0 Å². The first-order valence-corrected chi connectivity index (χ1v) is 4.72. The standard InChI is InChI=1S/C6H12NOP/c1-9-7-4-2-3-6(7)5-8/h5-6,9H,2-4H2,1H3. The molecule has 0 saturated carbocycles. The summed E-state index contributed by atoms with van der Waals surface area (Å²) in [4.78, 5) is 10.3. The van der Waals surface area contributed by atoms with Gasteiger partial charge in [-0.2, -0.15) is 0 Å². The maximum absolute atomic E-state index is 10.3. The largest absolute Gasteiger partial charge is 0.302 e. The molecular weight excluding hydrogens is 133 g/mol. The highest BCUT2D eigenvalue weighted by atomic mass is 31.1. The van der Waals surface area contributed by atoms with Crippen LogP contribution in [-0.2, 0) is 4.79 Å². The number of hydrogen-bond donors (Lipinski definition) is 0. The lowest BCUT2D eigenvalue weighted by Gasteiger charge is -2.15. The highest BCUT2D eigenvalue weighted by Gasteiger charge is 2.21. The highest BCUT2D eigenvalue weighted by molar-refractivity contribution is 7.34. The molecule has 0 aromatic carbocycles. The van der Waals surface area contributed by atoms with Crippen molar-refractivity contribution in [2.24, 2.45) is 0 Å². The molecule has 3 heteroatoms. The van der Waals surface area contributed by atoms with Crippen LogP contribution in [0.15, 0.2) is 0 Å². The first-order chi connectivity index (χ1) is 4.38. The van der Waals surface area contributed by atoms with E-state index in [2.05, 4.69) is 11.3 Å². The van der Waals surface area contributed by atoms with Gasteiger partial charge in [0.2, 0.25) is 0 Å². The summed E-state index contributed by atoms with van der Waals surface area (Å²) in [6.45, 7) is 3.25. The van der Waals surface area contributed by atoms with Gasteiger partial charge in [-0.1, -0.05) is 8.73 Å². The van der Waals surface area contributed by atoms with Gasteiger partial charge in [-0.05, 0) is 19.5 Å². The topological polar surface area (TPSA) is 20.3 Å². The smallest absolute Gasteiger partial charge is 0.137 e. The predicted octanol–water partition coefficient (Wildman–Crippen LogP) is 0.873. The summed E-state index contributed by atoms with van der Waals surface area (Å²) in [6, 6.07) is 0.244. The average molecular weight is 145 g/mol. The number of hydrogen-bond acceptors (Lipinski definition) is 2. The van der Waals surface area contributed by atoms with E-state index in [9.17, 15) is 4.79 Å². The predicted molar refractivity (Wildman–Crippen MR) is 40.0 cm³/mol. The Balaban J connectivity index is 2.41. The Morgan fingerprint density at radius 1 is 1.78 bits per heavy atom. The summed E-state index contributed by atoms with van der Waals surface area (Å²) in [6.07, 6.45) is 3.35. The minimum atomic E-state index is 0.244. The second-order valence-corrected chi connectivity index (χ2v) is 3.28. The number of carbonyl (C=O) groups is 1. The van der Waals surface area contributed by atoms with E-state index in [-0.39, 0.29) is 6.04 Å². The van der Waals surface area contributed by atoms with Crippen LogP contribution in [0, 0.1) is 0 Å². The normalized spacial score (nSPS) is 30.1. The second kappa shape index (κ2) is 3.28. The summed E-state index contributed by atoms with van der Waals surface area (Å²) in [5.74, 6) is 0. The van der Waals surface area contributed by atoms with Gasteiger partial charge in [0, 0.05) is 6.54 Å². The molecule has 2 atom stereocenters. The lowest BCUT2D eigenvalue weighted by Crippen LogP contribution is -2.21. The summed E-state index contributed by atoms with van der Waals surface area (Å²) in [5.41, 5.74) is 0. The molecule has 2 nitrogen and oxygen atoms in total. The Labute approximate surface area is 57.5 Å². The molecule has 0 aromatic rings. The van der Waals surface area contributed by atoms with Crippen molar-refractivity contribution in [1.29, 1.82) is 0 Å². The summed E-state index contributed by atoms with van der Waals surface area (Å²) in [5, 5.41) is 0. The van der Waals surface area contributed by atoms with E-state index < -0.39 is 0 Å². The number of aldehydes is 1. The third-order valence-corrected chi connectivity index (χ3v) is 2.87. The molecule has 0 bridgehead atoms. The van der Waals surface area contributed by atoms with Crippen LogP contribution in [0.2, 0.25) is 0 Å². The zero-order valence-corrected chi connectivity index (χ0v) is 6.63. The van der Waals surface area contributed by atoms with Gasteiger partial charge in [-0.15, -0.1) is 0 Å². The van der Waals surface area contributed by atoms with Crippen molar-refractivity contribution in [3.05, 3.63) is 0 Å². The molecule has 1 heterocycles. The zero-order chi connectivity index (χ0) is 6.69. The fraction of sp³-hybridized carbons (Fsp3) is 0.833. The van der Waals surface area contributed by atoms with E-state index in [4.69, 9.17) is 0 Å². The number of nitrogens with zero attached hydrogens (tertiary/aromatic N) is 1. The summed E-state index contributed by atoms with van der Waals surface area (Å²) >= 11 is 0. The fourth-order valence-corrected chi connectivity index (χ4v) is 2.11. The quantitative estimate of drug-likeness (QED) is 0.424. The SMILES string of the molecule is CPN1CCCC1C=O. The lowest BCUT2D eigenvalue weighted by molar-refractivity contribution is -0.110. The summed E-state index contributed by atoms with van der Waals surface area (Å²) in [7, 11) is 0.801. The third-order valence-electron chi connectivity index (χ3n) is 1.74. The first kappa shape index (κ1) is 7.17. The van der Waals surface area contributed by atoms with Crippen LogP contribution in [0.5, 0.6) is 0 Å². The maximum Gasteiger partial charge on any atom is 0.137 e. The van der Waals surface area contributed by atoms with Gasteiger partial charge in [0.15, 0.2) is 0 Å². The Hall–Kier alpha value is 0.0600. The van der Waals surface area contributed by atoms with Crippen LogP contribution in [-0.4, -0.2) is 30.2 Å². The third kappa shape index (κ3) is 1.50. The fourth-order valence-electron chi connectivity index (χ4n) is 1.21. The van der Waals surface area contributed by atoms with Crippen LogP contribution in [0.1, 0.15) is 12.8 Å². The van der Waals surface area contributed by atoms with Crippen LogP contribution in [0.3, 0.4) is 0 Å². The molecule has 0 amide bonds. The monoisotopic (exact) mass is 145 g/mol. The molecule has 1 rings (SSSR count). The molecule has 0 aromatic heterocycles. The average Bonchev–Trinajstić information content (AvgIpc) is 2.33. The van der Waals surface area contributed by atoms with Crippen molar-refractivity contribution in [2.75, 3.05) is 13.2 Å². The number of rotatable bonds is 2. The van der Waals surface area contributed by atoms with Crippen LogP contribution >= 0.6 is 8.73 Å². The molecule has 2 unspecified atom stereocenters. The van der Waals surface area contributed by atoms with Gasteiger partial charge < -0.3 is 4.79 Å². The van der Waals surface area contributed by atoms with Crippen LogP contribution in [0.4, 0.5) is 0 Å². The number of carbonyl (C=O) groups excluding carboxylic acids is 1. The van der Waals surface area contributed by atoms with Gasteiger partial charge in [0.05, 0.1) is 6.04 Å². The van der Waals surface area contributed by atoms with Crippen LogP contribution < -0.4 is 0 Å². The van der Waals surface area contributed by atoms with Gasteiger partial charge >= 0.3 is 0 Å². The van der Waals surface area contributed by atoms with Gasteiger partial charge in [-0.3, -0.25) is 4.67 Å². The van der Waals surface area contributed by atoms with E-state index >= 15 is 0 Å². The molecular formula is C6H12NOP. The Morgan fingerprint density at radius 3 is 3.00 bits per heavy atom. The molecule has 0 radical (unpaired) electrons. The first-order valence-electron chi connectivity index (χ1n) is 3.28. The van der Waals surface area contributed by atoms with Crippen LogP contribution in [0.25, 0.3) is 0 Å². The Bertz CT molecular complexity index is 107. The van der Waals surface area contributed by atoms with Crippen molar-refractivity contribution in [3.8, 4) is 0 Å². The van der Waals surface area contributed by atoms with Crippen molar-refractivity contribution in [1.82, 2.24) is 4.67 Å². The van der Waals surface area contributed by atoms with Crippen molar-refractivity contribution in [2.45, 2.75) is 18.9 Å². The summed E-state index contributed by atoms with van der Waals surface area (Å²) < 4.78 is 2.24.